The zero-order chi connectivity index (χ0) is 22.6. The van der Waals surface area contributed by atoms with Gasteiger partial charge in [0, 0.05) is 18.3 Å². The van der Waals surface area contributed by atoms with Gasteiger partial charge in [-0.25, -0.2) is 0 Å². The molecule has 164 valence electrons. The Balaban J connectivity index is 1.92. The summed E-state index contributed by atoms with van der Waals surface area (Å²) >= 11 is 0. The van der Waals surface area contributed by atoms with Crippen LogP contribution in [0.5, 0.6) is 5.75 Å². The number of alkyl halides is 3. The molecule has 6 heteroatoms. The number of halogens is 3. The third-order valence-corrected chi connectivity index (χ3v) is 5.67. The lowest BCUT2D eigenvalue weighted by molar-refractivity contribution is -0.138. The van der Waals surface area contributed by atoms with Crippen LogP contribution in [0.3, 0.4) is 0 Å². The maximum atomic E-state index is 13.6. The third-order valence-electron chi connectivity index (χ3n) is 5.67. The lowest BCUT2D eigenvalue weighted by atomic mass is 9.99. The van der Waals surface area contributed by atoms with Gasteiger partial charge in [0.2, 0.25) is 0 Å². The van der Waals surface area contributed by atoms with E-state index >= 15 is 0 Å². The molecule has 0 N–H and O–H groups in total. The van der Waals surface area contributed by atoms with Gasteiger partial charge < -0.3 is 14.1 Å². The Morgan fingerprint density at radius 2 is 1.71 bits per heavy atom. The van der Waals surface area contributed by atoms with Crippen LogP contribution in [0.1, 0.15) is 46.9 Å². The Morgan fingerprint density at radius 1 is 1.00 bits per heavy atom. The average Bonchev–Trinajstić information content (AvgIpc) is 3.18. The number of aryl methyl sites for hydroxylation is 2. The van der Waals surface area contributed by atoms with Crippen LogP contribution in [0.25, 0.3) is 5.69 Å². The van der Waals surface area contributed by atoms with Crippen molar-refractivity contribution in [1.29, 1.82) is 0 Å². The van der Waals surface area contributed by atoms with Gasteiger partial charge >= 0.3 is 6.18 Å². The highest BCUT2D eigenvalue weighted by molar-refractivity contribution is 5.51. The van der Waals surface area contributed by atoms with E-state index in [1.807, 2.05) is 51.1 Å². The molecule has 3 aromatic rings. The number of aldehydes is 1. The summed E-state index contributed by atoms with van der Waals surface area (Å²) in [6.07, 6.45) is -0.249. The summed E-state index contributed by atoms with van der Waals surface area (Å²) in [5.74, 6) is 0.537. The molecule has 0 radical (unpaired) electrons. The Bertz CT molecular complexity index is 1050. The fraction of sp³-hybridized carbons (Fsp3) is 0.320. The summed E-state index contributed by atoms with van der Waals surface area (Å²) in [7, 11) is 0. The van der Waals surface area contributed by atoms with Crippen molar-refractivity contribution in [3.8, 4) is 11.4 Å². The molecule has 0 spiro atoms. The van der Waals surface area contributed by atoms with E-state index in [1.165, 1.54) is 10.8 Å². The molecular weight excluding hydrogens is 403 g/mol. The first-order valence-electron chi connectivity index (χ1n) is 10.3. The topological polar surface area (TPSA) is 31.2 Å². The highest BCUT2D eigenvalue weighted by Crippen LogP contribution is 2.35. The van der Waals surface area contributed by atoms with E-state index in [2.05, 4.69) is 0 Å². The summed E-state index contributed by atoms with van der Waals surface area (Å²) in [6, 6.07) is 12.2. The van der Waals surface area contributed by atoms with Gasteiger partial charge in [-0.1, -0.05) is 25.1 Å². The predicted molar refractivity (Wildman–Crippen MR) is 115 cm³/mol. The van der Waals surface area contributed by atoms with Crippen molar-refractivity contribution < 1.29 is 22.7 Å². The number of carbonyl (C=O) groups is 1. The monoisotopic (exact) mass is 429 g/mol. The standard InChI is InChI=1S/C25H26F3NO2/c1-4-19-7-10-21(11-8-19)29-14-13-22(25(26,27)28)23(29)16-31-24-12-9-20(6-5-15-30)17(2)18(24)3/h7-15H,4-6,16H2,1-3H3. The molecule has 1 heterocycles. The maximum absolute atomic E-state index is 13.6. The molecule has 0 unspecified atom stereocenters. The fourth-order valence-electron chi connectivity index (χ4n) is 3.64. The van der Waals surface area contributed by atoms with Gasteiger partial charge in [-0.2, -0.15) is 13.2 Å². The molecule has 0 aliphatic carbocycles. The van der Waals surface area contributed by atoms with E-state index in [-0.39, 0.29) is 12.3 Å². The normalized spacial score (nSPS) is 11.5. The number of rotatable bonds is 8. The van der Waals surface area contributed by atoms with Gasteiger partial charge in [0.25, 0.3) is 0 Å². The molecular formula is C25H26F3NO2. The van der Waals surface area contributed by atoms with E-state index in [9.17, 15) is 18.0 Å². The van der Waals surface area contributed by atoms with Gasteiger partial charge in [0.05, 0.1) is 11.3 Å². The van der Waals surface area contributed by atoms with Crippen LogP contribution < -0.4 is 4.74 Å². The average molecular weight is 429 g/mol. The molecule has 0 fully saturated rings. The van der Waals surface area contributed by atoms with E-state index in [0.29, 0.717) is 24.3 Å². The second-order valence-electron chi connectivity index (χ2n) is 7.53. The van der Waals surface area contributed by atoms with Gasteiger partial charge in [-0.15, -0.1) is 0 Å². The van der Waals surface area contributed by atoms with E-state index in [0.717, 1.165) is 41.0 Å². The number of aromatic nitrogens is 1. The third kappa shape index (κ3) is 5.01. The molecule has 31 heavy (non-hydrogen) atoms. The Labute approximate surface area is 180 Å². The highest BCUT2D eigenvalue weighted by Gasteiger charge is 2.35. The summed E-state index contributed by atoms with van der Waals surface area (Å²) in [5, 5.41) is 0. The minimum absolute atomic E-state index is 0.0545. The number of hydrogen-bond acceptors (Lipinski definition) is 2. The summed E-state index contributed by atoms with van der Waals surface area (Å²) < 4.78 is 48.3. The SMILES string of the molecule is CCc1ccc(-n2ccc(C(F)(F)F)c2COc2ccc(CCC=O)c(C)c2C)cc1. The molecule has 0 saturated heterocycles. The first kappa shape index (κ1) is 22.7. The Morgan fingerprint density at radius 3 is 2.32 bits per heavy atom. The lowest BCUT2D eigenvalue weighted by Gasteiger charge is -2.17. The van der Waals surface area contributed by atoms with Crippen LogP contribution in [0.15, 0.2) is 48.7 Å². The number of nitrogens with zero attached hydrogens (tertiary/aromatic N) is 1. The molecule has 0 amide bonds. The fourth-order valence-corrected chi connectivity index (χ4v) is 3.64. The van der Waals surface area contributed by atoms with Crippen LogP contribution in [-0.2, 0) is 30.4 Å². The number of carbonyl (C=O) groups excluding carboxylic acids is 1. The molecule has 0 saturated carbocycles. The van der Waals surface area contributed by atoms with E-state index in [1.54, 1.807) is 6.07 Å². The quantitative estimate of drug-likeness (QED) is 0.389. The number of ether oxygens (including phenoxy) is 1. The van der Waals surface area contributed by atoms with Crippen LogP contribution in [0, 0.1) is 13.8 Å². The van der Waals surface area contributed by atoms with E-state index in [4.69, 9.17) is 4.74 Å². The van der Waals surface area contributed by atoms with Gasteiger partial charge in [-0.05, 0) is 73.2 Å². The summed E-state index contributed by atoms with van der Waals surface area (Å²) in [4.78, 5) is 10.7. The van der Waals surface area contributed by atoms with Crippen LogP contribution >= 0.6 is 0 Å². The Hall–Kier alpha value is -3.02. The van der Waals surface area contributed by atoms with Crippen LogP contribution in [-0.4, -0.2) is 10.9 Å². The Kier molecular flexibility index (Phi) is 6.88. The van der Waals surface area contributed by atoms with Crippen molar-refractivity contribution in [1.82, 2.24) is 4.57 Å². The van der Waals surface area contributed by atoms with E-state index < -0.39 is 11.7 Å². The van der Waals surface area contributed by atoms with Gasteiger partial charge in [-0.3, -0.25) is 0 Å². The maximum Gasteiger partial charge on any atom is 0.418 e. The first-order valence-corrected chi connectivity index (χ1v) is 10.3. The van der Waals surface area contributed by atoms with Crippen LogP contribution in [0.2, 0.25) is 0 Å². The van der Waals surface area contributed by atoms with Gasteiger partial charge in [0.1, 0.15) is 18.6 Å². The zero-order valence-corrected chi connectivity index (χ0v) is 17.9. The highest BCUT2D eigenvalue weighted by atomic mass is 19.4. The first-order chi connectivity index (χ1) is 14.8. The molecule has 3 rings (SSSR count). The van der Waals surface area contributed by atoms with Crippen molar-refractivity contribution in [2.75, 3.05) is 0 Å². The van der Waals surface area contributed by atoms with Crippen molar-refractivity contribution in [2.24, 2.45) is 0 Å². The molecule has 1 aromatic heterocycles. The molecule has 0 bridgehead atoms. The van der Waals surface area contributed by atoms with Crippen molar-refractivity contribution in [3.05, 3.63) is 82.2 Å². The molecule has 2 aromatic carbocycles. The second kappa shape index (κ2) is 9.41. The zero-order valence-electron chi connectivity index (χ0n) is 17.9. The molecule has 0 atom stereocenters. The van der Waals surface area contributed by atoms with Crippen molar-refractivity contribution in [3.63, 3.8) is 0 Å². The van der Waals surface area contributed by atoms with Crippen molar-refractivity contribution >= 4 is 6.29 Å². The predicted octanol–water partition coefficient (Wildman–Crippen LogP) is 6.39. The summed E-state index contributed by atoms with van der Waals surface area (Å²) in [6.45, 7) is 5.62. The molecule has 3 nitrogen and oxygen atoms in total. The smallest absolute Gasteiger partial charge is 0.418 e. The van der Waals surface area contributed by atoms with Crippen molar-refractivity contribution in [2.45, 2.75) is 52.8 Å². The number of hydrogen-bond donors (Lipinski definition) is 0. The largest absolute Gasteiger partial charge is 0.487 e. The molecule has 0 aliphatic heterocycles. The second-order valence-corrected chi connectivity index (χ2v) is 7.53. The number of benzene rings is 2. The minimum atomic E-state index is -4.48. The minimum Gasteiger partial charge on any atom is -0.487 e. The lowest BCUT2D eigenvalue weighted by Crippen LogP contribution is -2.13. The van der Waals surface area contributed by atoms with Gasteiger partial charge in [0.15, 0.2) is 0 Å². The summed E-state index contributed by atoms with van der Waals surface area (Å²) in [5.41, 5.74) is 4.01. The van der Waals surface area contributed by atoms with Crippen LogP contribution in [0.4, 0.5) is 13.2 Å². The molecule has 0 aliphatic rings.